The molecule has 0 radical (unpaired) electrons. The molecule has 0 aromatic carbocycles. The van der Waals surface area contributed by atoms with Gasteiger partial charge in [0.25, 0.3) is 0 Å². The van der Waals surface area contributed by atoms with Crippen LogP contribution in [0, 0.1) is 0 Å². The van der Waals surface area contributed by atoms with Crippen molar-refractivity contribution in [3.8, 4) is 11.4 Å². The van der Waals surface area contributed by atoms with Crippen LogP contribution in [0.5, 0.6) is 0 Å². The molecule has 2 heterocycles. The molecule has 3 nitrogen and oxygen atoms in total. The third-order valence-corrected chi connectivity index (χ3v) is 3.00. The number of aryl methyl sites for hydroxylation is 1. The van der Waals surface area contributed by atoms with Gasteiger partial charge < -0.3 is 0 Å². The second-order valence-corrected chi connectivity index (χ2v) is 4.39. The van der Waals surface area contributed by atoms with Crippen LogP contribution < -0.4 is 0 Å². The molecule has 0 atom stereocenters. The Labute approximate surface area is 108 Å². The second-order valence-electron chi connectivity index (χ2n) is 4.39. The molecule has 3 heteroatoms. The van der Waals surface area contributed by atoms with Crippen LogP contribution >= 0.6 is 0 Å². The van der Waals surface area contributed by atoms with Crippen molar-refractivity contribution in [2.45, 2.75) is 39.5 Å². The number of rotatable bonds is 5. The number of hydrogen-bond acceptors (Lipinski definition) is 3. The standard InChI is InChI=1S/C15H19N3/c1-3-5-12-7-10-17-15(13(12)6-4-2)14-8-9-16-11-18-14/h7-11H,3-6H2,1-2H3. The molecule has 0 aliphatic rings. The minimum absolute atomic E-state index is 0.923. The average molecular weight is 241 g/mol. The van der Waals surface area contributed by atoms with Crippen LogP contribution in [0.4, 0.5) is 0 Å². The van der Waals surface area contributed by atoms with E-state index in [1.165, 1.54) is 11.1 Å². The van der Waals surface area contributed by atoms with Crippen LogP contribution in [0.1, 0.15) is 37.8 Å². The van der Waals surface area contributed by atoms with Gasteiger partial charge >= 0.3 is 0 Å². The third-order valence-electron chi connectivity index (χ3n) is 3.00. The van der Waals surface area contributed by atoms with Gasteiger partial charge in [-0.05, 0) is 36.1 Å². The van der Waals surface area contributed by atoms with Crippen LogP contribution in [0.2, 0.25) is 0 Å². The summed E-state index contributed by atoms with van der Waals surface area (Å²) in [6.07, 6.45) is 9.69. The zero-order valence-electron chi connectivity index (χ0n) is 11.1. The third kappa shape index (κ3) is 2.73. The van der Waals surface area contributed by atoms with Gasteiger partial charge in [-0.3, -0.25) is 4.98 Å². The van der Waals surface area contributed by atoms with Crippen molar-refractivity contribution in [1.29, 1.82) is 0 Å². The van der Waals surface area contributed by atoms with E-state index in [-0.39, 0.29) is 0 Å². The Kier molecular flexibility index (Phi) is 4.40. The maximum atomic E-state index is 4.52. The maximum absolute atomic E-state index is 4.52. The molecule has 0 bridgehead atoms. The Morgan fingerprint density at radius 2 is 1.78 bits per heavy atom. The first-order valence-electron chi connectivity index (χ1n) is 6.60. The van der Waals surface area contributed by atoms with Crippen molar-refractivity contribution < 1.29 is 0 Å². The summed E-state index contributed by atoms with van der Waals surface area (Å²) in [6, 6.07) is 4.07. The van der Waals surface area contributed by atoms with Crippen LogP contribution in [-0.2, 0) is 12.8 Å². The number of nitrogens with zero attached hydrogens (tertiary/aromatic N) is 3. The van der Waals surface area contributed by atoms with Crippen LogP contribution in [-0.4, -0.2) is 15.0 Å². The molecular weight excluding hydrogens is 222 g/mol. The lowest BCUT2D eigenvalue weighted by atomic mass is 9.97. The normalized spacial score (nSPS) is 10.6. The first-order valence-corrected chi connectivity index (χ1v) is 6.60. The fraction of sp³-hybridized carbons (Fsp3) is 0.400. The molecule has 0 saturated heterocycles. The Hall–Kier alpha value is -1.77. The van der Waals surface area contributed by atoms with Crippen molar-refractivity contribution in [2.75, 3.05) is 0 Å². The predicted molar refractivity (Wildman–Crippen MR) is 73.3 cm³/mol. The zero-order valence-corrected chi connectivity index (χ0v) is 11.1. The summed E-state index contributed by atoms with van der Waals surface area (Å²) in [4.78, 5) is 12.8. The van der Waals surface area contributed by atoms with Gasteiger partial charge in [-0.25, -0.2) is 9.97 Å². The highest BCUT2D eigenvalue weighted by Crippen LogP contribution is 2.24. The van der Waals surface area contributed by atoms with Gasteiger partial charge in [0.1, 0.15) is 6.33 Å². The van der Waals surface area contributed by atoms with Gasteiger partial charge in [0.05, 0.1) is 11.4 Å². The van der Waals surface area contributed by atoms with Gasteiger partial charge in [-0.15, -0.1) is 0 Å². The summed E-state index contributed by atoms with van der Waals surface area (Å²) in [7, 11) is 0. The molecule has 0 fully saturated rings. The summed E-state index contributed by atoms with van der Waals surface area (Å²) >= 11 is 0. The quantitative estimate of drug-likeness (QED) is 0.804. The molecule has 2 aromatic rings. The smallest absolute Gasteiger partial charge is 0.116 e. The summed E-state index contributed by atoms with van der Waals surface area (Å²) in [5, 5.41) is 0. The van der Waals surface area contributed by atoms with Gasteiger partial charge in [0.15, 0.2) is 0 Å². The Bertz CT molecular complexity index is 494. The van der Waals surface area contributed by atoms with E-state index in [0.717, 1.165) is 37.1 Å². The Morgan fingerprint density at radius 1 is 0.944 bits per heavy atom. The topological polar surface area (TPSA) is 38.7 Å². The van der Waals surface area contributed by atoms with Crippen LogP contribution in [0.15, 0.2) is 30.9 Å². The van der Waals surface area contributed by atoms with Crippen molar-refractivity contribution in [2.24, 2.45) is 0 Å². The monoisotopic (exact) mass is 241 g/mol. The summed E-state index contributed by atoms with van der Waals surface area (Å²) in [5.41, 5.74) is 4.69. The fourth-order valence-electron chi connectivity index (χ4n) is 2.22. The fourth-order valence-corrected chi connectivity index (χ4v) is 2.22. The van der Waals surface area contributed by atoms with Gasteiger partial charge in [0.2, 0.25) is 0 Å². The van der Waals surface area contributed by atoms with E-state index in [0.29, 0.717) is 0 Å². The minimum Gasteiger partial charge on any atom is -0.254 e. The Balaban J connectivity index is 2.49. The zero-order chi connectivity index (χ0) is 12.8. The highest BCUT2D eigenvalue weighted by Gasteiger charge is 2.11. The predicted octanol–water partition coefficient (Wildman–Crippen LogP) is 3.44. The molecule has 0 spiro atoms. The van der Waals surface area contributed by atoms with E-state index in [2.05, 4.69) is 34.9 Å². The van der Waals surface area contributed by atoms with Gasteiger partial charge in [0, 0.05) is 12.4 Å². The first-order chi connectivity index (χ1) is 8.86. The molecule has 0 saturated carbocycles. The second kappa shape index (κ2) is 6.24. The average Bonchev–Trinajstić information content (AvgIpc) is 2.42. The van der Waals surface area contributed by atoms with Crippen molar-refractivity contribution in [3.05, 3.63) is 42.0 Å². The molecule has 0 aliphatic carbocycles. The number of aromatic nitrogens is 3. The first kappa shape index (κ1) is 12.7. The lowest BCUT2D eigenvalue weighted by molar-refractivity contribution is 0.854. The molecule has 0 aliphatic heterocycles. The molecule has 94 valence electrons. The highest BCUT2D eigenvalue weighted by molar-refractivity contribution is 5.60. The highest BCUT2D eigenvalue weighted by atomic mass is 14.8. The lowest BCUT2D eigenvalue weighted by Crippen LogP contribution is -2.01. The van der Waals surface area contributed by atoms with Crippen LogP contribution in [0.3, 0.4) is 0 Å². The molecule has 0 amide bonds. The van der Waals surface area contributed by atoms with Crippen molar-refractivity contribution in [3.63, 3.8) is 0 Å². The molecule has 2 rings (SSSR count). The maximum Gasteiger partial charge on any atom is 0.116 e. The van der Waals surface area contributed by atoms with Gasteiger partial charge in [-0.1, -0.05) is 26.7 Å². The van der Waals surface area contributed by atoms with E-state index in [9.17, 15) is 0 Å². The molecular formula is C15H19N3. The summed E-state index contributed by atoms with van der Waals surface area (Å²) in [5.74, 6) is 0. The van der Waals surface area contributed by atoms with E-state index in [1.807, 2.05) is 12.3 Å². The molecule has 18 heavy (non-hydrogen) atoms. The largest absolute Gasteiger partial charge is 0.254 e. The molecule has 2 aromatic heterocycles. The van der Waals surface area contributed by atoms with Crippen LogP contribution in [0.25, 0.3) is 11.4 Å². The SMILES string of the molecule is CCCc1ccnc(-c2ccncn2)c1CCC. The Morgan fingerprint density at radius 3 is 2.44 bits per heavy atom. The van der Waals surface area contributed by atoms with Gasteiger partial charge in [-0.2, -0.15) is 0 Å². The minimum atomic E-state index is 0.923. The summed E-state index contributed by atoms with van der Waals surface area (Å²) in [6.45, 7) is 4.41. The van der Waals surface area contributed by atoms with E-state index in [1.54, 1.807) is 12.5 Å². The van der Waals surface area contributed by atoms with E-state index >= 15 is 0 Å². The lowest BCUT2D eigenvalue weighted by Gasteiger charge is -2.12. The number of pyridine rings is 1. The molecule has 0 unspecified atom stereocenters. The molecule has 0 N–H and O–H groups in total. The van der Waals surface area contributed by atoms with E-state index in [4.69, 9.17) is 0 Å². The number of hydrogen-bond donors (Lipinski definition) is 0. The summed E-state index contributed by atoms with van der Waals surface area (Å²) < 4.78 is 0. The van der Waals surface area contributed by atoms with Crippen molar-refractivity contribution in [1.82, 2.24) is 15.0 Å². The van der Waals surface area contributed by atoms with E-state index < -0.39 is 0 Å². The van der Waals surface area contributed by atoms with Crippen molar-refractivity contribution >= 4 is 0 Å².